The van der Waals surface area contributed by atoms with Crippen LogP contribution in [0.15, 0.2) is 41.4 Å². The number of nitrogens with zero attached hydrogens (tertiary/aromatic N) is 1. The first-order valence-electron chi connectivity index (χ1n) is 6.35. The molecule has 5 heteroatoms. The Morgan fingerprint density at radius 3 is 2.67 bits per heavy atom. The van der Waals surface area contributed by atoms with Gasteiger partial charge in [0.1, 0.15) is 0 Å². The van der Waals surface area contributed by atoms with E-state index < -0.39 is 11.6 Å². The lowest BCUT2D eigenvalue weighted by atomic mass is 10.1. The first-order chi connectivity index (χ1) is 10.0. The van der Waals surface area contributed by atoms with E-state index in [2.05, 4.69) is 9.98 Å². The molecule has 0 saturated heterocycles. The summed E-state index contributed by atoms with van der Waals surface area (Å²) >= 11 is 0. The molecule has 2 aromatic carbocycles. The lowest BCUT2D eigenvalue weighted by Crippen LogP contribution is -1.83. The van der Waals surface area contributed by atoms with Gasteiger partial charge in [-0.1, -0.05) is 12.1 Å². The third kappa shape index (κ3) is 2.50. The van der Waals surface area contributed by atoms with E-state index in [-0.39, 0.29) is 11.6 Å². The number of aliphatic imine (C=N–C) groups is 1. The topological polar surface area (TPSA) is 48.4 Å². The number of nitrogens with one attached hydrogen (secondary N) is 1. The summed E-state index contributed by atoms with van der Waals surface area (Å²) in [5.74, 6) is -1.88. The van der Waals surface area contributed by atoms with Crippen LogP contribution in [0.25, 0.3) is 10.9 Å². The molecule has 0 radical (unpaired) electrons. The van der Waals surface area contributed by atoms with Gasteiger partial charge in [-0.2, -0.15) is 0 Å². The fourth-order valence-electron chi connectivity index (χ4n) is 2.15. The van der Waals surface area contributed by atoms with Crippen LogP contribution in [0.4, 0.5) is 14.5 Å². The SMILES string of the molecule is Cc1ccc2c(C=Nc3ccc(F)c(F)c3)c(O)[nH]c2c1. The van der Waals surface area contributed by atoms with Crippen LogP contribution in [0.5, 0.6) is 5.88 Å². The minimum absolute atomic E-state index is 0.0121. The van der Waals surface area contributed by atoms with Gasteiger partial charge >= 0.3 is 0 Å². The number of H-pyrrole nitrogens is 1. The summed E-state index contributed by atoms with van der Waals surface area (Å²) < 4.78 is 26.0. The molecule has 0 aliphatic heterocycles. The summed E-state index contributed by atoms with van der Waals surface area (Å²) in [5.41, 5.74) is 2.64. The molecule has 0 spiro atoms. The number of aryl methyl sites for hydroxylation is 1. The second-order valence-electron chi connectivity index (χ2n) is 4.79. The predicted molar refractivity (Wildman–Crippen MR) is 78.3 cm³/mol. The minimum Gasteiger partial charge on any atom is -0.494 e. The molecular formula is C16H12F2N2O. The molecule has 3 aromatic rings. The zero-order chi connectivity index (χ0) is 15.0. The number of aromatic hydroxyl groups is 1. The number of aromatic nitrogens is 1. The smallest absolute Gasteiger partial charge is 0.198 e. The average Bonchev–Trinajstić information content (AvgIpc) is 2.75. The van der Waals surface area contributed by atoms with Crippen LogP contribution in [0.1, 0.15) is 11.1 Å². The van der Waals surface area contributed by atoms with Crippen molar-refractivity contribution in [2.45, 2.75) is 6.92 Å². The summed E-state index contributed by atoms with van der Waals surface area (Å²) in [4.78, 5) is 6.93. The van der Waals surface area contributed by atoms with Gasteiger partial charge in [0.05, 0.1) is 11.3 Å². The van der Waals surface area contributed by atoms with Crippen LogP contribution in [0.3, 0.4) is 0 Å². The van der Waals surface area contributed by atoms with Crippen LogP contribution in [-0.2, 0) is 0 Å². The summed E-state index contributed by atoms with van der Waals surface area (Å²) in [6, 6.07) is 9.08. The Morgan fingerprint density at radius 1 is 1.10 bits per heavy atom. The van der Waals surface area contributed by atoms with Crippen molar-refractivity contribution in [3.05, 3.63) is 59.2 Å². The van der Waals surface area contributed by atoms with E-state index in [0.29, 0.717) is 5.56 Å². The zero-order valence-electron chi connectivity index (χ0n) is 11.2. The number of fused-ring (bicyclic) bond motifs is 1. The molecule has 3 rings (SSSR count). The van der Waals surface area contributed by atoms with E-state index in [4.69, 9.17) is 0 Å². The average molecular weight is 286 g/mol. The maximum atomic E-state index is 13.1. The number of hydrogen-bond donors (Lipinski definition) is 2. The summed E-state index contributed by atoms with van der Waals surface area (Å²) in [5, 5.41) is 10.7. The van der Waals surface area contributed by atoms with Gasteiger partial charge in [0.15, 0.2) is 17.5 Å². The summed E-state index contributed by atoms with van der Waals surface area (Å²) in [6.07, 6.45) is 1.43. The van der Waals surface area contributed by atoms with Crippen LogP contribution in [0.2, 0.25) is 0 Å². The molecule has 2 N–H and O–H groups in total. The Morgan fingerprint density at radius 2 is 1.90 bits per heavy atom. The maximum Gasteiger partial charge on any atom is 0.198 e. The van der Waals surface area contributed by atoms with Crippen molar-refractivity contribution in [2.24, 2.45) is 4.99 Å². The highest BCUT2D eigenvalue weighted by molar-refractivity contribution is 6.02. The normalized spacial score (nSPS) is 11.6. The minimum atomic E-state index is -0.955. The Kier molecular flexibility index (Phi) is 3.17. The van der Waals surface area contributed by atoms with Gasteiger partial charge in [-0.25, -0.2) is 8.78 Å². The molecule has 1 aromatic heterocycles. The third-order valence-corrected chi connectivity index (χ3v) is 3.22. The monoisotopic (exact) mass is 286 g/mol. The zero-order valence-corrected chi connectivity index (χ0v) is 11.2. The lowest BCUT2D eigenvalue weighted by Gasteiger charge is -1.96. The van der Waals surface area contributed by atoms with Gasteiger partial charge in [0, 0.05) is 23.2 Å². The number of rotatable bonds is 2. The fourth-order valence-corrected chi connectivity index (χ4v) is 2.15. The second kappa shape index (κ2) is 5.01. The first-order valence-corrected chi connectivity index (χ1v) is 6.35. The summed E-state index contributed by atoms with van der Waals surface area (Å²) in [7, 11) is 0. The quantitative estimate of drug-likeness (QED) is 0.681. The Bertz CT molecular complexity index is 853. The molecule has 21 heavy (non-hydrogen) atoms. The van der Waals surface area contributed by atoms with Crippen molar-refractivity contribution in [1.82, 2.24) is 4.98 Å². The standard InChI is InChI=1S/C16H12F2N2O/c1-9-2-4-11-12(16(21)20-15(11)6-9)8-19-10-3-5-13(17)14(18)7-10/h2-8,20-21H,1H3. The highest BCUT2D eigenvalue weighted by Gasteiger charge is 2.09. The van der Waals surface area contributed by atoms with Gasteiger partial charge in [-0.05, 0) is 30.7 Å². The molecule has 0 amide bonds. The largest absolute Gasteiger partial charge is 0.494 e. The summed E-state index contributed by atoms with van der Waals surface area (Å²) in [6.45, 7) is 1.95. The number of hydrogen-bond acceptors (Lipinski definition) is 2. The number of benzene rings is 2. The maximum absolute atomic E-state index is 13.1. The van der Waals surface area contributed by atoms with Crippen LogP contribution in [0, 0.1) is 18.6 Å². The van der Waals surface area contributed by atoms with Gasteiger partial charge in [-0.15, -0.1) is 0 Å². The number of aromatic amines is 1. The lowest BCUT2D eigenvalue weighted by molar-refractivity contribution is 0.457. The molecule has 0 fully saturated rings. The van der Waals surface area contributed by atoms with Crippen LogP contribution < -0.4 is 0 Å². The van der Waals surface area contributed by atoms with E-state index >= 15 is 0 Å². The van der Waals surface area contributed by atoms with Gasteiger partial charge in [0.25, 0.3) is 0 Å². The molecule has 0 aliphatic carbocycles. The van der Waals surface area contributed by atoms with Crippen molar-refractivity contribution in [2.75, 3.05) is 0 Å². The fraction of sp³-hybridized carbons (Fsp3) is 0.0625. The molecule has 0 unspecified atom stereocenters. The van der Waals surface area contributed by atoms with Crippen LogP contribution >= 0.6 is 0 Å². The van der Waals surface area contributed by atoms with Crippen molar-refractivity contribution in [3.63, 3.8) is 0 Å². The first kappa shape index (κ1) is 13.3. The Hall–Kier alpha value is -2.69. The van der Waals surface area contributed by atoms with Crippen molar-refractivity contribution >= 4 is 22.8 Å². The van der Waals surface area contributed by atoms with E-state index in [1.807, 2.05) is 25.1 Å². The third-order valence-electron chi connectivity index (χ3n) is 3.22. The van der Waals surface area contributed by atoms with Crippen LogP contribution in [-0.4, -0.2) is 16.3 Å². The van der Waals surface area contributed by atoms with Gasteiger partial charge < -0.3 is 10.1 Å². The van der Waals surface area contributed by atoms with Crippen molar-refractivity contribution in [3.8, 4) is 5.88 Å². The molecule has 0 bridgehead atoms. The molecule has 0 saturated carbocycles. The molecule has 3 nitrogen and oxygen atoms in total. The highest BCUT2D eigenvalue weighted by atomic mass is 19.2. The van der Waals surface area contributed by atoms with Crippen molar-refractivity contribution in [1.29, 1.82) is 0 Å². The Balaban J connectivity index is 2.02. The van der Waals surface area contributed by atoms with Gasteiger partial charge in [0.2, 0.25) is 0 Å². The molecular weight excluding hydrogens is 274 g/mol. The number of halogens is 2. The molecule has 0 aliphatic rings. The van der Waals surface area contributed by atoms with E-state index in [0.717, 1.165) is 28.6 Å². The van der Waals surface area contributed by atoms with Gasteiger partial charge in [-0.3, -0.25) is 4.99 Å². The molecule has 106 valence electrons. The van der Waals surface area contributed by atoms with E-state index in [1.165, 1.54) is 12.3 Å². The van der Waals surface area contributed by atoms with E-state index in [9.17, 15) is 13.9 Å². The van der Waals surface area contributed by atoms with Crippen molar-refractivity contribution < 1.29 is 13.9 Å². The van der Waals surface area contributed by atoms with E-state index in [1.54, 1.807) is 0 Å². The molecule has 1 heterocycles. The predicted octanol–water partition coefficient (Wildman–Crippen LogP) is 4.21. The Labute approximate surface area is 119 Å². The molecule has 0 atom stereocenters. The highest BCUT2D eigenvalue weighted by Crippen LogP contribution is 2.27. The second-order valence-corrected chi connectivity index (χ2v) is 4.79.